The average Bonchev–Trinajstić information content (AvgIpc) is 1.58. The summed E-state index contributed by atoms with van der Waals surface area (Å²) in [5, 5.41) is 80.4. The highest BCUT2D eigenvalue weighted by molar-refractivity contribution is 7.71. The van der Waals surface area contributed by atoms with Crippen LogP contribution in [0.15, 0.2) is 44.0 Å². The normalized spacial score (nSPS) is 32.3. The zero-order valence-electron chi connectivity index (χ0n) is 61.0. The molecule has 0 bridgehead atoms. The second kappa shape index (κ2) is 35.2. The number of carbonyl (C=O) groups is 4. The third-order valence-corrected chi connectivity index (χ3v) is 16.4. The fourth-order valence-electron chi connectivity index (χ4n) is 8.46. The quantitative estimate of drug-likeness (QED) is 0.0196. The van der Waals surface area contributed by atoms with Gasteiger partial charge in [0.05, 0.1) is 33.0 Å². The van der Waals surface area contributed by atoms with E-state index in [1.807, 2.05) is 15.0 Å². The predicted molar refractivity (Wildman–Crippen MR) is 342 cm³/mol. The standard InChI is InChI=1S/4C14H19F2N3O6S/c4*1-5(2)7(17)12(23)24-4-14(16)9(21)8(20)11(25-14)19-3-6(15)10(22)18-13(19)26/h4*3,5,7-9,11,20-21H,4,17H2,1-2H3,(H,18,22,26)/t4*7-,8+,9-,11+,14+/m0000/s1/i4D2,11D;11D;4D2;. The van der Waals surface area contributed by atoms with Gasteiger partial charge in [-0.1, -0.05) is 55.4 Å². The molecule has 104 heavy (non-hydrogen) atoms. The van der Waals surface area contributed by atoms with Gasteiger partial charge in [-0.25, -0.2) is 17.6 Å². The highest BCUT2D eigenvalue weighted by atomic mass is 32.1. The Morgan fingerprint density at radius 3 is 0.971 bits per heavy atom. The number of H-pyrrole nitrogens is 4. The zero-order chi connectivity index (χ0) is 84.7. The first-order chi connectivity index (χ1) is 50.1. The van der Waals surface area contributed by atoms with Gasteiger partial charge in [0.1, 0.15) is 73.0 Å². The van der Waals surface area contributed by atoms with Crippen molar-refractivity contribution in [2.45, 2.75) is 177 Å². The van der Waals surface area contributed by atoms with Crippen LogP contribution in [0.4, 0.5) is 35.1 Å². The molecule has 0 radical (unpaired) electrons. The molecule has 4 aliphatic rings. The van der Waals surface area contributed by atoms with Gasteiger partial charge in [0.2, 0.25) is 23.3 Å². The molecule has 584 valence electrons. The largest absolute Gasteiger partial charge is 0.458 e. The number of alkyl halides is 4. The van der Waals surface area contributed by atoms with Crippen molar-refractivity contribution in [1.82, 2.24) is 38.2 Å². The second-order valence-electron chi connectivity index (χ2n) is 24.3. The molecule has 36 nitrogen and oxygen atoms in total. The van der Waals surface area contributed by atoms with Crippen LogP contribution in [0.3, 0.4) is 0 Å². The van der Waals surface area contributed by atoms with Gasteiger partial charge in [0.25, 0.3) is 45.7 Å². The van der Waals surface area contributed by atoms with Crippen LogP contribution < -0.4 is 45.2 Å². The summed E-state index contributed by atoms with van der Waals surface area (Å²) in [4.78, 5) is 99.8. The summed E-state index contributed by atoms with van der Waals surface area (Å²) in [5.41, 5.74) is 17.4. The molecule has 20 N–H and O–H groups in total. The van der Waals surface area contributed by atoms with E-state index in [0.29, 0.717) is 33.9 Å². The number of nitrogens with two attached hydrogens (primary N) is 4. The van der Waals surface area contributed by atoms with Crippen molar-refractivity contribution in [3.8, 4) is 0 Å². The van der Waals surface area contributed by atoms with Crippen LogP contribution in [-0.2, 0) is 57.1 Å². The first-order valence-corrected chi connectivity index (χ1v) is 31.6. The summed E-state index contributed by atoms with van der Waals surface area (Å²) in [5.74, 6) is -25.6. The molecule has 20 atom stereocenters. The fraction of sp³-hybridized carbons (Fsp3) is 0.643. The lowest BCUT2D eigenvalue weighted by molar-refractivity contribution is -0.217. The van der Waals surface area contributed by atoms with E-state index in [0.717, 1.165) is 4.57 Å². The maximum atomic E-state index is 15.4. The monoisotopic (exact) mass is 1590 g/mol. The van der Waals surface area contributed by atoms with Crippen molar-refractivity contribution in [3.63, 3.8) is 0 Å². The van der Waals surface area contributed by atoms with E-state index in [-0.39, 0.29) is 21.2 Å². The fourth-order valence-corrected chi connectivity index (χ4v) is 9.43. The second-order valence-corrected chi connectivity index (χ2v) is 25.8. The number of rotatable bonds is 20. The van der Waals surface area contributed by atoms with Gasteiger partial charge in [-0.2, -0.15) is 17.6 Å². The Balaban J connectivity index is 0.000000263. The van der Waals surface area contributed by atoms with Crippen LogP contribution in [0.1, 0.15) is 88.5 Å². The highest BCUT2D eigenvalue weighted by Gasteiger charge is 2.61. The van der Waals surface area contributed by atoms with Crippen LogP contribution in [0.2, 0.25) is 0 Å². The van der Waals surface area contributed by atoms with E-state index in [4.69, 9.17) is 99.0 Å². The van der Waals surface area contributed by atoms with Gasteiger partial charge in [0.15, 0.2) is 70.3 Å². The number of hydrogen-bond acceptors (Lipinski definition) is 32. The predicted octanol–water partition coefficient (Wildman–Crippen LogP) is -2.05. The van der Waals surface area contributed by atoms with Gasteiger partial charge in [0, 0.05) is 0 Å². The SMILES string of the molecule is CC(C)[C@H](N)C(=O)OC[C@@]1(F)O[C@@H](n2cc(F)c(=O)[nH]c2=S)[C@H](O)[C@@H]1O.[2H]C([2H])(OC(=O)[C@@H](N)C(C)C)[C@@]1(F)O[C@@H](n2cc(F)c(=O)[nH]c2=S)[C@H](O)[C@@H]1O.[2H]C([2H])(OC(=O)[C@@H](N)C(C)C)[C@@]1(F)O[C@@]([2H])(n2cc(F)c(=O)[nH]c2=S)[C@H](O)[C@@H]1O.[2H][C@@]1(n2cc(F)c(=O)[nH]c2=S)O[C@](F)(COC(=O)[C@@H](N)C(C)C)[C@@H](O)[C@H]1O. The molecule has 8 rings (SSSR count). The van der Waals surface area contributed by atoms with Crippen LogP contribution in [-0.4, -0.2) is 226 Å². The summed E-state index contributed by atoms with van der Waals surface area (Å²) >= 11 is 19.1. The molecule has 0 saturated carbocycles. The van der Waals surface area contributed by atoms with Crippen molar-refractivity contribution in [2.24, 2.45) is 46.6 Å². The lowest BCUT2D eigenvalue weighted by Crippen LogP contribution is -2.46. The Bertz CT molecular complexity index is 4580. The minimum Gasteiger partial charge on any atom is -0.458 e. The van der Waals surface area contributed by atoms with Crippen molar-refractivity contribution >= 4 is 72.7 Å². The molecule has 0 unspecified atom stereocenters. The van der Waals surface area contributed by atoms with E-state index in [2.05, 4.69) is 18.9 Å². The molecule has 4 saturated heterocycles. The van der Waals surface area contributed by atoms with E-state index in [1.54, 1.807) is 46.5 Å². The number of nitrogens with zero attached hydrogens (tertiary/aromatic N) is 4. The van der Waals surface area contributed by atoms with Crippen LogP contribution in [0, 0.1) is 66.0 Å². The number of esters is 4. The summed E-state index contributed by atoms with van der Waals surface area (Å²) < 4.78 is 199. The first kappa shape index (κ1) is 78.2. The lowest BCUT2D eigenvalue weighted by atomic mass is 10.1. The minimum absolute atomic E-state index is 0.270. The zero-order valence-corrected chi connectivity index (χ0v) is 58.2. The summed E-state index contributed by atoms with van der Waals surface area (Å²) in [7, 11) is 0. The maximum absolute atomic E-state index is 15.4. The minimum atomic E-state index is -3.98. The number of ether oxygens (including phenoxy) is 8. The van der Waals surface area contributed by atoms with E-state index < -0.39 is 243 Å². The van der Waals surface area contributed by atoms with Crippen LogP contribution >= 0.6 is 48.9 Å². The molecule has 4 fully saturated rings. The molecule has 0 spiro atoms. The van der Waals surface area contributed by atoms with Crippen molar-refractivity contribution in [2.75, 3.05) is 26.3 Å². The van der Waals surface area contributed by atoms with Gasteiger partial charge in [-0.05, 0) is 72.5 Å². The smallest absolute Gasteiger partial charge is 0.323 e. The molecule has 4 aromatic rings. The van der Waals surface area contributed by atoms with Crippen LogP contribution in [0.25, 0.3) is 0 Å². The van der Waals surface area contributed by atoms with E-state index in [9.17, 15) is 106 Å². The van der Waals surface area contributed by atoms with E-state index in [1.165, 1.54) is 13.8 Å². The number of aromatic nitrogens is 8. The Morgan fingerprint density at radius 2 is 0.663 bits per heavy atom. The van der Waals surface area contributed by atoms with Crippen molar-refractivity contribution in [3.05, 3.63) is 109 Å². The third kappa shape index (κ3) is 20.0. The van der Waals surface area contributed by atoms with Gasteiger partial charge < -0.3 is 102 Å². The van der Waals surface area contributed by atoms with Gasteiger partial charge in [-0.15, -0.1) is 0 Å². The first-order valence-electron chi connectivity index (χ1n) is 33.0. The van der Waals surface area contributed by atoms with Crippen molar-refractivity contribution < 1.29 is 141 Å². The molecule has 8 heterocycles. The summed E-state index contributed by atoms with van der Waals surface area (Å²) in [6, 6.07) is -4.72. The van der Waals surface area contributed by atoms with Crippen molar-refractivity contribution in [1.29, 1.82) is 0 Å². The number of nitrogens with one attached hydrogen (secondary N) is 4. The maximum Gasteiger partial charge on any atom is 0.323 e. The number of aliphatic hydroxyl groups excluding tert-OH is 8. The molecular formula is C56H76F8N12O24S4. The molecule has 4 aliphatic heterocycles. The number of carbonyl (C=O) groups excluding carboxylic acids is 4. The van der Waals surface area contributed by atoms with Gasteiger partial charge >= 0.3 is 23.9 Å². The number of hydrogen-bond donors (Lipinski definition) is 16. The molecule has 0 amide bonds. The number of halogens is 8. The summed E-state index contributed by atoms with van der Waals surface area (Å²) in [6.07, 6.45) is -26.4. The number of aromatic amines is 4. The lowest BCUT2D eigenvalue weighted by Gasteiger charge is -2.24. The Hall–Kier alpha value is -6.92. The summed E-state index contributed by atoms with van der Waals surface area (Å²) in [6.45, 7) is 3.11. The Morgan fingerprint density at radius 1 is 0.442 bits per heavy atom. The molecular weight excluding hydrogens is 1500 g/mol. The molecule has 0 aliphatic carbocycles. The molecule has 0 aromatic carbocycles. The van der Waals surface area contributed by atoms with E-state index >= 15 is 8.78 Å². The van der Waals surface area contributed by atoms with Crippen LogP contribution in [0.5, 0.6) is 0 Å². The Kier molecular flexibility index (Phi) is 26.5. The van der Waals surface area contributed by atoms with Gasteiger partial charge in [-0.3, -0.25) is 76.6 Å². The Labute approximate surface area is 608 Å². The number of aliphatic hydroxyl groups is 8. The topological polar surface area (TPSA) is 559 Å². The average molecular weight is 1590 g/mol. The molecule has 4 aromatic heterocycles. The highest BCUT2D eigenvalue weighted by Crippen LogP contribution is 2.43. The molecule has 48 heteroatoms. The third-order valence-electron chi connectivity index (χ3n) is 15.2.